The van der Waals surface area contributed by atoms with Gasteiger partial charge in [-0.3, -0.25) is 0 Å². The maximum absolute atomic E-state index is 12.7. The first-order valence-electron chi connectivity index (χ1n) is 8.40. The Morgan fingerprint density at radius 1 is 1.21 bits per heavy atom. The molecule has 5 heteroatoms. The Balaban J connectivity index is 1.88. The van der Waals surface area contributed by atoms with Crippen LogP contribution >= 0.6 is 0 Å². The SMILES string of the molecule is CC[C@H]1Cc2ccc(O)cc2CC[C@]12NS(=O)(=O)c1ccccc12. The minimum Gasteiger partial charge on any atom is -0.508 e. The summed E-state index contributed by atoms with van der Waals surface area (Å²) in [5, 5.41) is 9.79. The van der Waals surface area contributed by atoms with Gasteiger partial charge in [0.25, 0.3) is 0 Å². The fraction of sp³-hybridized carbons (Fsp3) is 0.368. The fourth-order valence-corrected chi connectivity index (χ4v) is 6.19. The van der Waals surface area contributed by atoms with Crippen molar-refractivity contribution in [1.29, 1.82) is 0 Å². The second kappa shape index (κ2) is 5.33. The van der Waals surface area contributed by atoms with Gasteiger partial charge in [-0.05, 0) is 60.1 Å². The third kappa shape index (κ3) is 2.19. The van der Waals surface area contributed by atoms with E-state index >= 15 is 0 Å². The number of aromatic hydroxyl groups is 1. The molecule has 4 rings (SSSR count). The smallest absolute Gasteiger partial charge is 0.241 e. The number of phenolic OH excluding ortho intramolecular Hbond substituents is 1. The lowest BCUT2D eigenvalue weighted by atomic mass is 9.74. The molecule has 2 aromatic rings. The highest BCUT2D eigenvalue weighted by atomic mass is 32.2. The van der Waals surface area contributed by atoms with Gasteiger partial charge in [-0.15, -0.1) is 0 Å². The van der Waals surface area contributed by atoms with Crippen molar-refractivity contribution in [2.75, 3.05) is 0 Å². The van der Waals surface area contributed by atoms with Crippen LogP contribution in [0.4, 0.5) is 0 Å². The van der Waals surface area contributed by atoms with Gasteiger partial charge in [0.15, 0.2) is 0 Å². The second-order valence-electron chi connectivity index (χ2n) is 6.84. The number of benzene rings is 2. The molecular weight excluding hydrogens is 322 g/mol. The lowest BCUT2D eigenvalue weighted by Gasteiger charge is -2.36. The number of rotatable bonds is 1. The molecule has 0 bridgehead atoms. The van der Waals surface area contributed by atoms with Crippen LogP contribution in [0.3, 0.4) is 0 Å². The predicted molar refractivity (Wildman–Crippen MR) is 92.4 cm³/mol. The van der Waals surface area contributed by atoms with Crippen molar-refractivity contribution in [1.82, 2.24) is 4.72 Å². The molecule has 2 atom stereocenters. The highest BCUT2D eigenvalue weighted by molar-refractivity contribution is 7.89. The van der Waals surface area contributed by atoms with Gasteiger partial charge in [0.05, 0.1) is 10.4 Å². The van der Waals surface area contributed by atoms with Crippen molar-refractivity contribution in [3.8, 4) is 5.75 Å². The van der Waals surface area contributed by atoms with Gasteiger partial charge in [0.1, 0.15) is 5.75 Å². The third-order valence-electron chi connectivity index (χ3n) is 5.61. The van der Waals surface area contributed by atoms with Gasteiger partial charge >= 0.3 is 0 Å². The Hall–Kier alpha value is -1.85. The van der Waals surface area contributed by atoms with E-state index in [2.05, 4.69) is 11.6 Å². The minimum absolute atomic E-state index is 0.182. The summed E-state index contributed by atoms with van der Waals surface area (Å²) in [5.74, 6) is 0.451. The minimum atomic E-state index is -3.47. The summed E-state index contributed by atoms with van der Waals surface area (Å²) in [6.07, 6.45) is 3.15. The zero-order chi connectivity index (χ0) is 16.9. The number of nitrogens with one attached hydrogen (secondary N) is 1. The molecule has 1 aliphatic heterocycles. The van der Waals surface area contributed by atoms with E-state index in [9.17, 15) is 13.5 Å². The molecule has 2 aromatic carbocycles. The number of aryl methyl sites for hydroxylation is 1. The fourth-order valence-electron chi connectivity index (χ4n) is 4.42. The van der Waals surface area contributed by atoms with Crippen molar-refractivity contribution in [2.24, 2.45) is 5.92 Å². The Bertz CT molecular complexity index is 907. The van der Waals surface area contributed by atoms with Gasteiger partial charge in [0, 0.05) is 0 Å². The van der Waals surface area contributed by atoms with E-state index in [4.69, 9.17) is 0 Å². The van der Waals surface area contributed by atoms with Crippen LogP contribution in [-0.4, -0.2) is 13.5 Å². The number of hydrogen-bond acceptors (Lipinski definition) is 3. The molecule has 0 radical (unpaired) electrons. The van der Waals surface area contributed by atoms with E-state index in [1.54, 1.807) is 18.2 Å². The molecule has 1 heterocycles. The lowest BCUT2D eigenvalue weighted by molar-refractivity contribution is 0.232. The average molecular weight is 343 g/mol. The molecule has 4 nitrogen and oxygen atoms in total. The highest BCUT2D eigenvalue weighted by Crippen LogP contribution is 2.48. The first-order valence-corrected chi connectivity index (χ1v) is 9.89. The van der Waals surface area contributed by atoms with Crippen LogP contribution in [0, 0.1) is 5.92 Å². The van der Waals surface area contributed by atoms with Crippen LogP contribution in [0.5, 0.6) is 5.75 Å². The summed E-state index contributed by atoms with van der Waals surface area (Å²) in [4.78, 5) is 0.414. The topological polar surface area (TPSA) is 66.4 Å². The summed E-state index contributed by atoms with van der Waals surface area (Å²) in [6.45, 7) is 2.12. The molecule has 1 aliphatic carbocycles. The van der Waals surface area contributed by atoms with Gasteiger partial charge in [0.2, 0.25) is 10.0 Å². The van der Waals surface area contributed by atoms with E-state index in [1.165, 1.54) is 5.56 Å². The van der Waals surface area contributed by atoms with E-state index in [-0.39, 0.29) is 11.7 Å². The van der Waals surface area contributed by atoms with E-state index < -0.39 is 15.6 Å². The second-order valence-corrected chi connectivity index (χ2v) is 8.49. The Morgan fingerprint density at radius 2 is 2.00 bits per heavy atom. The maximum atomic E-state index is 12.7. The van der Waals surface area contributed by atoms with Gasteiger partial charge in [-0.25, -0.2) is 13.1 Å². The summed E-state index contributed by atoms with van der Waals surface area (Å²) >= 11 is 0. The zero-order valence-corrected chi connectivity index (χ0v) is 14.4. The summed E-state index contributed by atoms with van der Waals surface area (Å²) in [6, 6.07) is 12.8. The monoisotopic (exact) mass is 343 g/mol. The first-order chi connectivity index (χ1) is 11.5. The van der Waals surface area contributed by atoms with Crippen LogP contribution in [0.1, 0.15) is 36.5 Å². The third-order valence-corrected chi connectivity index (χ3v) is 7.18. The Labute approximate surface area is 142 Å². The van der Waals surface area contributed by atoms with Gasteiger partial charge < -0.3 is 5.11 Å². The number of sulfonamides is 1. The molecular formula is C19H21NO3S. The first kappa shape index (κ1) is 15.7. The largest absolute Gasteiger partial charge is 0.508 e. The molecule has 0 aromatic heterocycles. The predicted octanol–water partition coefficient (Wildman–Crippen LogP) is 3.09. The van der Waals surface area contributed by atoms with Crippen LogP contribution in [0.15, 0.2) is 47.4 Å². The van der Waals surface area contributed by atoms with Crippen molar-refractivity contribution < 1.29 is 13.5 Å². The van der Waals surface area contributed by atoms with Crippen molar-refractivity contribution in [3.05, 3.63) is 59.2 Å². The number of fused-ring (bicyclic) bond motifs is 3. The van der Waals surface area contributed by atoms with Crippen molar-refractivity contribution >= 4 is 10.0 Å². The molecule has 0 amide bonds. The number of hydrogen-bond donors (Lipinski definition) is 2. The molecule has 0 saturated carbocycles. The zero-order valence-electron chi connectivity index (χ0n) is 13.6. The average Bonchev–Trinajstić information content (AvgIpc) is 2.70. The maximum Gasteiger partial charge on any atom is 0.241 e. The molecule has 2 aliphatic rings. The highest BCUT2D eigenvalue weighted by Gasteiger charge is 2.51. The van der Waals surface area contributed by atoms with Crippen molar-refractivity contribution in [2.45, 2.75) is 43.0 Å². The molecule has 126 valence electrons. The van der Waals surface area contributed by atoms with Crippen LogP contribution in [-0.2, 0) is 28.4 Å². The standard InChI is InChI=1S/C19H21NO3S/c1-2-15-11-13-7-8-16(21)12-14(13)9-10-19(15)17-5-3-4-6-18(17)24(22,23)20-19/h3-8,12,15,20-21H,2,9-11H2,1H3/t15-,19-/m0/s1. The Kier molecular flexibility index (Phi) is 3.48. The molecule has 24 heavy (non-hydrogen) atoms. The summed E-state index contributed by atoms with van der Waals surface area (Å²) in [5.41, 5.74) is 2.67. The normalized spacial score (nSPS) is 27.5. The van der Waals surface area contributed by atoms with Crippen molar-refractivity contribution in [3.63, 3.8) is 0 Å². The summed E-state index contributed by atoms with van der Waals surface area (Å²) in [7, 11) is -3.47. The molecule has 1 spiro atoms. The van der Waals surface area contributed by atoms with Crippen LogP contribution in [0.2, 0.25) is 0 Å². The molecule has 0 fully saturated rings. The van der Waals surface area contributed by atoms with Crippen LogP contribution < -0.4 is 4.72 Å². The lowest BCUT2D eigenvalue weighted by Crippen LogP contribution is -2.46. The summed E-state index contributed by atoms with van der Waals surface area (Å²) < 4.78 is 28.4. The van der Waals surface area contributed by atoms with E-state index in [1.807, 2.05) is 24.3 Å². The quantitative estimate of drug-likeness (QED) is 0.836. The number of phenols is 1. The van der Waals surface area contributed by atoms with E-state index in [0.29, 0.717) is 11.3 Å². The van der Waals surface area contributed by atoms with Gasteiger partial charge in [-0.2, -0.15) is 0 Å². The molecule has 2 N–H and O–H groups in total. The molecule has 0 unspecified atom stereocenters. The van der Waals surface area contributed by atoms with Crippen LogP contribution in [0.25, 0.3) is 0 Å². The van der Waals surface area contributed by atoms with Gasteiger partial charge in [-0.1, -0.05) is 37.6 Å². The molecule has 0 saturated heterocycles. The van der Waals surface area contributed by atoms with E-state index in [0.717, 1.165) is 30.4 Å². The Morgan fingerprint density at radius 3 is 2.79 bits per heavy atom.